The molecular weight excluding hydrogens is 288 g/mol. The van der Waals surface area contributed by atoms with E-state index in [1.165, 1.54) is 5.69 Å². The summed E-state index contributed by atoms with van der Waals surface area (Å²) in [5, 5.41) is 9.00. The van der Waals surface area contributed by atoms with Crippen molar-refractivity contribution >= 4 is 11.6 Å². The van der Waals surface area contributed by atoms with Gasteiger partial charge in [-0.3, -0.25) is 0 Å². The second kappa shape index (κ2) is 6.65. The molecule has 0 amide bonds. The van der Waals surface area contributed by atoms with Gasteiger partial charge in [0.15, 0.2) is 0 Å². The molecular formula is C19H20N2O2. The van der Waals surface area contributed by atoms with Gasteiger partial charge in [0, 0.05) is 12.6 Å². The van der Waals surface area contributed by atoms with Gasteiger partial charge in [-0.2, -0.15) is 0 Å². The summed E-state index contributed by atoms with van der Waals surface area (Å²) in [6, 6.07) is 13.1. The molecule has 0 aliphatic heterocycles. The summed E-state index contributed by atoms with van der Waals surface area (Å²) in [5.41, 5.74) is 4.71. The molecule has 0 aliphatic carbocycles. The number of carboxylic acid groups (broad SMARTS) is 1. The number of hydrogen-bond acceptors (Lipinski definition) is 2. The molecule has 3 rings (SSSR count). The number of fused-ring (bicyclic) bond motifs is 1. The fourth-order valence-electron chi connectivity index (χ4n) is 2.79. The molecule has 4 heteroatoms. The predicted molar refractivity (Wildman–Crippen MR) is 90.0 cm³/mol. The van der Waals surface area contributed by atoms with Crippen molar-refractivity contribution in [3.05, 3.63) is 71.2 Å². The Morgan fingerprint density at radius 3 is 2.65 bits per heavy atom. The molecule has 0 fully saturated rings. The highest BCUT2D eigenvalue weighted by Gasteiger charge is 2.12. The fraction of sp³-hybridized carbons (Fsp3) is 0.263. The molecule has 118 valence electrons. The van der Waals surface area contributed by atoms with E-state index < -0.39 is 5.97 Å². The SMILES string of the molecule is CCCCc1nc2ccccn2c1Cc1ccc(C(=O)O)cc1. The Hall–Kier alpha value is -2.62. The van der Waals surface area contributed by atoms with E-state index in [1.54, 1.807) is 12.1 Å². The van der Waals surface area contributed by atoms with E-state index in [0.717, 1.165) is 42.6 Å². The van der Waals surface area contributed by atoms with Crippen LogP contribution < -0.4 is 0 Å². The first-order chi connectivity index (χ1) is 11.2. The van der Waals surface area contributed by atoms with Crippen LogP contribution in [0.3, 0.4) is 0 Å². The van der Waals surface area contributed by atoms with Crippen molar-refractivity contribution in [2.24, 2.45) is 0 Å². The van der Waals surface area contributed by atoms with Gasteiger partial charge in [0.2, 0.25) is 0 Å². The monoisotopic (exact) mass is 308 g/mol. The molecule has 1 aromatic carbocycles. The molecule has 0 unspecified atom stereocenters. The summed E-state index contributed by atoms with van der Waals surface area (Å²) in [5.74, 6) is -0.894. The molecule has 2 heterocycles. The van der Waals surface area contributed by atoms with Crippen molar-refractivity contribution < 1.29 is 9.90 Å². The van der Waals surface area contributed by atoms with Gasteiger partial charge in [-0.15, -0.1) is 0 Å². The van der Waals surface area contributed by atoms with Crippen LogP contribution >= 0.6 is 0 Å². The van der Waals surface area contributed by atoms with E-state index in [-0.39, 0.29) is 0 Å². The Balaban J connectivity index is 1.95. The summed E-state index contributed by atoms with van der Waals surface area (Å²) >= 11 is 0. The number of pyridine rings is 1. The fourth-order valence-corrected chi connectivity index (χ4v) is 2.79. The number of carboxylic acids is 1. The van der Waals surface area contributed by atoms with Gasteiger partial charge in [-0.05, 0) is 42.7 Å². The number of unbranched alkanes of at least 4 members (excludes halogenated alkanes) is 1. The Labute approximate surface area is 135 Å². The van der Waals surface area contributed by atoms with Gasteiger partial charge in [-0.1, -0.05) is 31.5 Å². The van der Waals surface area contributed by atoms with Crippen molar-refractivity contribution in [2.45, 2.75) is 32.6 Å². The molecule has 0 saturated heterocycles. The van der Waals surface area contributed by atoms with Crippen LogP contribution in [-0.4, -0.2) is 20.5 Å². The summed E-state index contributed by atoms with van der Waals surface area (Å²) in [7, 11) is 0. The quantitative estimate of drug-likeness (QED) is 0.749. The minimum Gasteiger partial charge on any atom is -0.478 e. The third-order valence-electron chi connectivity index (χ3n) is 4.05. The van der Waals surface area contributed by atoms with Gasteiger partial charge in [-0.25, -0.2) is 9.78 Å². The zero-order valence-corrected chi connectivity index (χ0v) is 13.2. The van der Waals surface area contributed by atoms with E-state index in [4.69, 9.17) is 10.1 Å². The summed E-state index contributed by atoms with van der Waals surface area (Å²) < 4.78 is 2.14. The highest BCUT2D eigenvalue weighted by molar-refractivity contribution is 5.87. The van der Waals surface area contributed by atoms with Crippen molar-refractivity contribution in [3.8, 4) is 0 Å². The standard InChI is InChI=1S/C19H20N2O2/c1-2-3-6-16-17(21-12-5-4-7-18(21)20-16)13-14-8-10-15(11-9-14)19(22)23/h4-5,7-12H,2-3,6,13H2,1H3,(H,22,23). The Morgan fingerprint density at radius 2 is 1.96 bits per heavy atom. The van der Waals surface area contributed by atoms with Crippen molar-refractivity contribution in [2.75, 3.05) is 0 Å². The largest absolute Gasteiger partial charge is 0.478 e. The molecule has 0 radical (unpaired) electrons. The second-order valence-electron chi connectivity index (χ2n) is 5.72. The smallest absolute Gasteiger partial charge is 0.335 e. The molecule has 0 aliphatic rings. The number of rotatable bonds is 6. The maximum absolute atomic E-state index is 11.0. The summed E-state index contributed by atoms with van der Waals surface area (Å²) in [6.45, 7) is 2.18. The van der Waals surface area contributed by atoms with E-state index in [2.05, 4.69) is 11.3 Å². The molecule has 2 aromatic heterocycles. The number of benzene rings is 1. The first-order valence-electron chi connectivity index (χ1n) is 7.96. The zero-order chi connectivity index (χ0) is 16.2. The second-order valence-corrected chi connectivity index (χ2v) is 5.72. The van der Waals surface area contributed by atoms with Crippen LogP contribution in [0.5, 0.6) is 0 Å². The molecule has 4 nitrogen and oxygen atoms in total. The van der Waals surface area contributed by atoms with Crippen LogP contribution in [0.2, 0.25) is 0 Å². The third-order valence-corrected chi connectivity index (χ3v) is 4.05. The van der Waals surface area contributed by atoms with Crippen LogP contribution in [-0.2, 0) is 12.8 Å². The van der Waals surface area contributed by atoms with Crippen LogP contribution in [0.4, 0.5) is 0 Å². The van der Waals surface area contributed by atoms with Crippen molar-refractivity contribution in [3.63, 3.8) is 0 Å². The molecule has 0 spiro atoms. The number of aromatic nitrogens is 2. The van der Waals surface area contributed by atoms with Crippen LogP contribution in [0.25, 0.3) is 5.65 Å². The lowest BCUT2D eigenvalue weighted by atomic mass is 10.0. The minimum absolute atomic E-state index is 0.318. The van der Waals surface area contributed by atoms with E-state index in [9.17, 15) is 4.79 Å². The summed E-state index contributed by atoms with van der Waals surface area (Å²) in [6.07, 6.45) is 6.03. The maximum atomic E-state index is 11.0. The Kier molecular flexibility index (Phi) is 4.42. The number of imidazole rings is 1. The van der Waals surface area contributed by atoms with Crippen molar-refractivity contribution in [1.29, 1.82) is 0 Å². The van der Waals surface area contributed by atoms with E-state index in [0.29, 0.717) is 5.56 Å². The lowest BCUT2D eigenvalue weighted by molar-refractivity contribution is 0.0697. The van der Waals surface area contributed by atoms with E-state index in [1.807, 2.05) is 36.5 Å². The van der Waals surface area contributed by atoms with Crippen LogP contribution in [0.15, 0.2) is 48.7 Å². The van der Waals surface area contributed by atoms with Crippen LogP contribution in [0, 0.1) is 0 Å². The molecule has 1 N–H and O–H groups in total. The molecule has 3 aromatic rings. The zero-order valence-electron chi connectivity index (χ0n) is 13.2. The average Bonchev–Trinajstić information content (AvgIpc) is 2.91. The predicted octanol–water partition coefficient (Wildman–Crippen LogP) is 3.97. The van der Waals surface area contributed by atoms with Gasteiger partial charge in [0.1, 0.15) is 5.65 Å². The van der Waals surface area contributed by atoms with E-state index >= 15 is 0 Å². The topological polar surface area (TPSA) is 54.6 Å². The first kappa shape index (κ1) is 15.3. The number of aryl methyl sites for hydroxylation is 1. The van der Waals surface area contributed by atoms with Crippen molar-refractivity contribution in [1.82, 2.24) is 9.38 Å². The number of hydrogen-bond donors (Lipinski definition) is 1. The highest BCUT2D eigenvalue weighted by atomic mass is 16.4. The van der Waals surface area contributed by atoms with Crippen LogP contribution in [0.1, 0.15) is 47.1 Å². The summed E-state index contributed by atoms with van der Waals surface area (Å²) in [4.78, 5) is 15.7. The molecule has 23 heavy (non-hydrogen) atoms. The minimum atomic E-state index is -0.894. The Morgan fingerprint density at radius 1 is 1.17 bits per heavy atom. The van der Waals surface area contributed by atoms with Gasteiger partial charge >= 0.3 is 5.97 Å². The maximum Gasteiger partial charge on any atom is 0.335 e. The third kappa shape index (κ3) is 3.26. The normalized spacial score (nSPS) is 11.0. The lowest BCUT2D eigenvalue weighted by Gasteiger charge is -2.06. The van der Waals surface area contributed by atoms with Gasteiger partial charge < -0.3 is 9.51 Å². The average molecular weight is 308 g/mol. The molecule has 0 atom stereocenters. The molecule has 0 bridgehead atoms. The van der Waals surface area contributed by atoms with Gasteiger partial charge in [0.25, 0.3) is 0 Å². The lowest BCUT2D eigenvalue weighted by Crippen LogP contribution is -2.00. The number of carbonyl (C=O) groups is 1. The number of aromatic carboxylic acids is 1. The van der Waals surface area contributed by atoms with Gasteiger partial charge in [0.05, 0.1) is 17.0 Å². The number of nitrogens with zero attached hydrogens (tertiary/aromatic N) is 2. The highest BCUT2D eigenvalue weighted by Crippen LogP contribution is 2.19. The first-order valence-corrected chi connectivity index (χ1v) is 7.96. The molecule has 0 saturated carbocycles. The Bertz CT molecular complexity index is 819.